The number of esters is 1. The molecule has 0 amide bonds. The predicted molar refractivity (Wildman–Crippen MR) is 68.5 cm³/mol. The average molecular weight is 235 g/mol. The van der Waals surface area contributed by atoms with Gasteiger partial charge in [0.25, 0.3) is 0 Å². The fourth-order valence-corrected chi connectivity index (χ4v) is 1.36. The number of hydrogen-bond donors (Lipinski definition) is 1. The molecule has 0 aliphatic heterocycles. The fraction of sp³-hybridized carbons (Fsp3) is 0.500. The number of rotatable bonds is 5. The van der Waals surface area contributed by atoms with Crippen LogP contribution in [-0.4, -0.2) is 18.1 Å². The summed E-state index contributed by atoms with van der Waals surface area (Å²) in [4.78, 5) is 11.7. The summed E-state index contributed by atoms with van der Waals surface area (Å²) >= 11 is 0. The molecule has 0 bridgehead atoms. The minimum Gasteiger partial charge on any atom is -0.461 e. The van der Waals surface area contributed by atoms with E-state index in [1.54, 1.807) is 0 Å². The number of nitrogens with two attached hydrogens (primary N) is 1. The minimum atomic E-state index is -0.585. The van der Waals surface area contributed by atoms with E-state index in [9.17, 15) is 4.79 Å². The summed E-state index contributed by atoms with van der Waals surface area (Å²) < 4.78 is 5.28. The molecule has 1 aromatic carbocycles. The van der Waals surface area contributed by atoms with Crippen molar-refractivity contribution in [3.05, 3.63) is 35.9 Å². The largest absolute Gasteiger partial charge is 0.461 e. The molecule has 17 heavy (non-hydrogen) atoms. The van der Waals surface area contributed by atoms with Crippen LogP contribution in [0.3, 0.4) is 0 Å². The van der Waals surface area contributed by atoms with E-state index in [0.717, 1.165) is 5.56 Å². The molecule has 0 aliphatic carbocycles. The van der Waals surface area contributed by atoms with Crippen LogP contribution in [0.15, 0.2) is 30.3 Å². The van der Waals surface area contributed by atoms with E-state index >= 15 is 0 Å². The number of carbonyl (C=O) groups is 1. The fourth-order valence-electron chi connectivity index (χ4n) is 1.36. The summed E-state index contributed by atoms with van der Waals surface area (Å²) in [5, 5.41) is 0. The van der Waals surface area contributed by atoms with Gasteiger partial charge in [-0.1, -0.05) is 44.2 Å². The minimum absolute atomic E-state index is 0.0932. The lowest BCUT2D eigenvalue weighted by Gasteiger charge is -2.19. The Kier molecular flexibility index (Phi) is 5.16. The maximum Gasteiger partial charge on any atom is 0.323 e. The van der Waals surface area contributed by atoms with Gasteiger partial charge in [-0.25, -0.2) is 0 Å². The van der Waals surface area contributed by atoms with Crippen LogP contribution < -0.4 is 5.73 Å². The van der Waals surface area contributed by atoms with Gasteiger partial charge >= 0.3 is 5.97 Å². The molecule has 0 saturated carbocycles. The van der Waals surface area contributed by atoms with Gasteiger partial charge in [-0.2, -0.15) is 0 Å². The Morgan fingerprint density at radius 2 is 1.82 bits per heavy atom. The number of benzene rings is 1. The summed E-state index contributed by atoms with van der Waals surface area (Å²) in [6.45, 7) is 5.92. The molecule has 0 unspecified atom stereocenters. The van der Waals surface area contributed by atoms with Crippen LogP contribution in [0.1, 0.15) is 26.3 Å². The van der Waals surface area contributed by atoms with Crippen LogP contribution in [0, 0.1) is 5.92 Å². The molecule has 2 atom stereocenters. The van der Waals surface area contributed by atoms with Gasteiger partial charge in [0.2, 0.25) is 0 Å². The van der Waals surface area contributed by atoms with E-state index in [2.05, 4.69) is 0 Å². The third-order valence-electron chi connectivity index (χ3n) is 2.84. The van der Waals surface area contributed by atoms with Gasteiger partial charge in [-0.05, 0) is 24.8 Å². The summed E-state index contributed by atoms with van der Waals surface area (Å²) in [6, 6.07) is 9.14. The van der Waals surface area contributed by atoms with Crippen LogP contribution in [0.4, 0.5) is 0 Å². The molecule has 2 N–H and O–H groups in total. The van der Waals surface area contributed by atoms with Crippen molar-refractivity contribution in [2.75, 3.05) is 0 Å². The Morgan fingerprint density at radius 3 is 2.35 bits per heavy atom. The summed E-state index contributed by atoms with van der Waals surface area (Å²) in [7, 11) is 0. The highest BCUT2D eigenvalue weighted by Crippen LogP contribution is 2.08. The molecule has 0 radical (unpaired) electrons. The third-order valence-corrected chi connectivity index (χ3v) is 2.84. The summed E-state index contributed by atoms with van der Waals surface area (Å²) in [5.74, 6) is -0.0158. The summed E-state index contributed by atoms with van der Waals surface area (Å²) in [5.41, 5.74) is 6.87. The van der Waals surface area contributed by atoms with Crippen molar-refractivity contribution < 1.29 is 9.53 Å². The molecule has 0 fully saturated rings. The molecule has 1 aromatic rings. The molecular formula is C14H21NO2. The molecule has 3 heteroatoms. The number of carbonyl (C=O) groups excluding carboxylic acids is 1. The van der Waals surface area contributed by atoms with E-state index in [4.69, 9.17) is 10.5 Å². The van der Waals surface area contributed by atoms with Gasteiger partial charge in [-0.15, -0.1) is 0 Å². The first kappa shape index (κ1) is 13.7. The van der Waals surface area contributed by atoms with Crippen molar-refractivity contribution in [2.45, 2.75) is 39.3 Å². The van der Waals surface area contributed by atoms with Crippen molar-refractivity contribution >= 4 is 5.97 Å². The first-order valence-electron chi connectivity index (χ1n) is 6.00. The van der Waals surface area contributed by atoms with Crippen LogP contribution >= 0.6 is 0 Å². The quantitative estimate of drug-likeness (QED) is 0.795. The SMILES string of the molecule is CC(C)[C@@H](C)OC(=O)[C@H](N)Cc1ccccc1. The highest BCUT2D eigenvalue weighted by Gasteiger charge is 2.19. The van der Waals surface area contributed by atoms with Crippen molar-refractivity contribution in [1.82, 2.24) is 0 Å². The van der Waals surface area contributed by atoms with Crippen molar-refractivity contribution in [1.29, 1.82) is 0 Å². The second kappa shape index (κ2) is 6.40. The van der Waals surface area contributed by atoms with Gasteiger partial charge in [0.15, 0.2) is 0 Å². The van der Waals surface area contributed by atoms with Crippen molar-refractivity contribution in [3.8, 4) is 0 Å². The van der Waals surface area contributed by atoms with E-state index in [0.29, 0.717) is 12.3 Å². The second-order valence-corrected chi connectivity index (χ2v) is 4.68. The first-order valence-corrected chi connectivity index (χ1v) is 6.00. The zero-order valence-corrected chi connectivity index (χ0v) is 10.7. The van der Waals surface area contributed by atoms with Crippen molar-refractivity contribution in [2.24, 2.45) is 11.7 Å². The molecule has 0 aromatic heterocycles. The molecule has 3 nitrogen and oxygen atoms in total. The van der Waals surface area contributed by atoms with Crippen LogP contribution in [0.25, 0.3) is 0 Å². The molecule has 1 rings (SSSR count). The Hall–Kier alpha value is -1.35. The van der Waals surface area contributed by atoms with Crippen LogP contribution in [-0.2, 0) is 16.0 Å². The molecular weight excluding hydrogens is 214 g/mol. The van der Waals surface area contributed by atoms with Gasteiger partial charge in [0.1, 0.15) is 12.1 Å². The second-order valence-electron chi connectivity index (χ2n) is 4.68. The molecule has 0 saturated heterocycles. The maximum atomic E-state index is 11.7. The molecule has 0 spiro atoms. The van der Waals surface area contributed by atoms with Crippen molar-refractivity contribution in [3.63, 3.8) is 0 Å². The summed E-state index contributed by atoms with van der Waals surface area (Å²) in [6.07, 6.45) is 0.425. The highest BCUT2D eigenvalue weighted by molar-refractivity contribution is 5.76. The Balaban J connectivity index is 2.48. The molecule has 0 heterocycles. The first-order chi connectivity index (χ1) is 8.00. The van der Waals surface area contributed by atoms with Gasteiger partial charge in [0, 0.05) is 0 Å². The zero-order chi connectivity index (χ0) is 12.8. The number of hydrogen-bond acceptors (Lipinski definition) is 3. The molecule has 94 valence electrons. The Bertz CT molecular complexity index is 348. The lowest BCUT2D eigenvalue weighted by atomic mass is 10.1. The Labute approximate surface area is 103 Å². The standard InChI is InChI=1S/C14H21NO2/c1-10(2)11(3)17-14(16)13(15)9-12-7-5-4-6-8-12/h4-8,10-11,13H,9,15H2,1-3H3/t11-,13-/m1/s1. The predicted octanol–water partition coefficient (Wildman–Crippen LogP) is 2.14. The lowest BCUT2D eigenvalue weighted by Crippen LogP contribution is -2.37. The third kappa shape index (κ3) is 4.57. The van der Waals surface area contributed by atoms with E-state index in [1.165, 1.54) is 0 Å². The van der Waals surface area contributed by atoms with E-state index in [1.807, 2.05) is 51.1 Å². The van der Waals surface area contributed by atoms with Crippen LogP contribution in [0.2, 0.25) is 0 Å². The monoisotopic (exact) mass is 235 g/mol. The normalized spacial score (nSPS) is 14.4. The zero-order valence-electron chi connectivity index (χ0n) is 10.7. The van der Waals surface area contributed by atoms with Gasteiger partial charge in [0.05, 0.1) is 0 Å². The van der Waals surface area contributed by atoms with E-state index in [-0.39, 0.29) is 12.1 Å². The topological polar surface area (TPSA) is 52.3 Å². The van der Waals surface area contributed by atoms with Crippen LogP contribution in [0.5, 0.6) is 0 Å². The highest BCUT2D eigenvalue weighted by atomic mass is 16.5. The Morgan fingerprint density at radius 1 is 1.24 bits per heavy atom. The maximum absolute atomic E-state index is 11.7. The lowest BCUT2D eigenvalue weighted by molar-refractivity contribution is -0.151. The average Bonchev–Trinajstić information content (AvgIpc) is 2.29. The number of ether oxygens (including phenoxy) is 1. The van der Waals surface area contributed by atoms with E-state index < -0.39 is 6.04 Å². The van der Waals surface area contributed by atoms with Gasteiger partial charge < -0.3 is 10.5 Å². The molecule has 0 aliphatic rings. The smallest absolute Gasteiger partial charge is 0.323 e. The van der Waals surface area contributed by atoms with Gasteiger partial charge in [-0.3, -0.25) is 4.79 Å².